The van der Waals surface area contributed by atoms with Crippen LogP contribution in [0.4, 0.5) is 5.95 Å². The lowest BCUT2D eigenvalue weighted by atomic mass is 10.2. The molecule has 0 radical (unpaired) electrons. The van der Waals surface area contributed by atoms with E-state index in [-0.39, 0.29) is 0 Å². The molecule has 1 saturated heterocycles. The van der Waals surface area contributed by atoms with Crippen LogP contribution in [0.3, 0.4) is 0 Å². The van der Waals surface area contributed by atoms with Gasteiger partial charge in [-0.05, 0) is 30.7 Å². The number of aromatic nitrogens is 7. The molecule has 0 saturated carbocycles. The normalized spacial score (nSPS) is 14.7. The SMILES string of the molecule is Cc1c(-c2ccnc(N3CCN(Cc4ccccc4)CC3)n2)nnc2nc(-c3ccco3)nn12. The first-order valence-electron chi connectivity index (χ1n) is 11.2. The first-order chi connectivity index (χ1) is 16.7. The zero-order chi connectivity index (χ0) is 22.9. The summed E-state index contributed by atoms with van der Waals surface area (Å²) in [6.45, 7) is 6.55. The van der Waals surface area contributed by atoms with E-state index in [9.17, 15) is 0 Å². The lowest BCUT2D eigenvalue weighted by Gasteiger charge is -2.34. The number of piperazine rings is 1. The Labute approximate surface area is 195 Å². The van der Waals surface area contributed by atoms with Gasteiger partial charge in [-0.2, -0.15) is 9.50 Å². The molecule has 0 N–H and O–H groups in total. The maximum atomic E-state index is 5.41. The molecule has 0 spiro atoms. The summed E-state index contributed by atoms with van der Waals surface area (Å²) < 4.78 is 7.08. The number of rotatable bonds is 5. The van der Waals surface area contributed by atoms with Crippen molar-refractivity contribution in [2.75, 3.05) is 31.1 Å². The van der Waals surface area contributed by atoms with Crippen molar-refractivity contribution in [1.29, 1.82) is 0 Å². The smallest absolute Gasteiger partial charge is 0.272 e. The average Bonchev–Trinajstić information content (AvgIpc) is 3.56. The van der Waals surface area contributed by atoms with Crippen LogP contribution in [0.1, 0.15) is 11.3 Å². The minimum Gasteiger partial charge on any atom is -0.461 e. The van der Waals surface area contributed by atoms with Gasteiger partial charge in [0.25, 0.3) is 5.78 Å². The Bertz CT molecular complexity index is 1410. The molecule has 5 heterocycles. The number of hydrogen-bond donors (Lipinski definition) is 0. The summed E-state index contributed by atoms with van der Waals surface area (Å²) in [5.74, 6) is 2.17. The Kier molecular flexibility index (Phi) is 5.19. The van der Waals surface area contributed by atoms with Crippen LogP contribution in [0.25, 0.3) is 28.8 Å². The van der Waals surface area contributed by atoms with Crippen molar-refractivity contribution in [2.24, 2.45) is 0 Å². The van der Waals surface area contributed by atoms with Crippen LogP contribution in [0, 0.1) is 6.92 Å². The fraction of sp³-hybridized carbons (Fsp3) is 0.250. The van der Waals surface area contributed by atoms with Gasteiger partial charge in [0.05, 0.1) is 17.7 Å². The monoisotopic (exact) mass is 453 g/mol. The van der Waals surface area contributed by atoms with Crippen molar-refractivity contribution in [3.63, 3.8) is 0 Å². The minimum atomic E-state index is 0.413. The van der Waals surface area contributed by atoms with Gasteiger partial charge in [0, 0.05) is 38.9 Å². The fourth-order valence-corrected chi connectivity index (χ4v) is 4.19. The van der Waals surface area contributed by atoms with Crippen LogP contribution < -0.4 is 4.90 Å². The van der Waals surface area contributed by atoms with Crippen molar-refractivity contribution in [1.82, 2.24) is 39.7 Å². The van der Waals surface area contributed by atoms with E-state index in [2.05, 4.69) is 65.4 Å². The second-order valence-electron chi connectivity index (χ2n) is 8.25. The predicted molar refractivity (Wildman–Crippen MR) is 126 cm³/mol. The first kappa shape index (κ1) is 20.4. The molecule has 6 rings (SSSR count). The number of hydrogen-bond acceptors (Lipinski definition) is 9. The Hall–Kier alpha value is -4.18. The van der Waals surface area contributed by atoms with Gasteiger partial charge in [-0.3, -0.25) is 4.90 Å². The highest BCUT2D eigenvalue weighted by Crippen LogP contribution is 2.23. The third kappa shape index (κ3) is 3.88. The van der Waals surface area contributed by atoms with Gasteiger partial charge in [-0.15, -0.1) is 15.3 Å². The van der Waals surface area contributed by atoms with E-state index in [0.29, 0.717) is 34.7 Å². The molecule has 5 aromatic rings. The fourth-order valence-electron chi connectivity index (χ4n) is 4.19. The topological polar surface area (TPSA) is 101 Å². The second-order valence-corrected chi connectivity index (χ2v) is 8.25. The molecule has 34 heavy (non-hydrogen) atoms. The molecule has 1 aliphatic rings. The van der Waals surface area contributed by atoms with Gasteiger partial charge >= 0.3 is 0 Å². The predicted octanol–water partition coefficient (Wildman–Crippen LogP) is 2.87. The van der Waals surface area contributed by atoms with Crippen molar-refractivity contribution in [3.05, 3.63) is 72.2 Å². The van der Waals surface area contributed by atoms with E-state index in [1.807, 2.05) is 19.1 Å². The summed E-state index contributed by atoms with van der Waals surface area (Å²) >= 11 is 0. The summed E-state index contributed by atoms with van der Waals surface area (Å²) in [5, 5.41) is 13.2. The van der Waals surface area contributed by atoms with E-state index in [0.717, 1.165) is 38.4 Å². The summed E-state index contributed by atoms with van der Waals surface area (Å²) in [5.41, 5.74) is 3.49. The van der Waals surface area contributed by atoms with Crippen LogP contribution >= 0.6 is 0 Å². The Balaban J connectivity index is 1.22. The van der Waals surface area contributed by atoms with Gasteiger partial charge in [0.2, 0.25) is 11.8 Å². The highest BCUT2D eigenvalue weighted by molar-refractivity contribution is 5.59. The van der Waals surface area contributed by atoms with Gasteiger partial charge in [0.15, 0.2) is 5.76 Å². The first-order valence-corrected chi connectivity index (χ1v) is 11.2. The number of furan rings is 1. The highest BCUT2D eigenvalue weighted by atomic mass is 16.3. The van der Waals surface area contributed by atoms with Crippen molar-refractivity contribution in [2.45, 2.75) is 13.5 Å². The molecule has 170 valence electrons. The van der Waals surface area contributed by atoms with E-state index in [1.165, 1.54) is 5.56 Å². The van der Waals surface area contributed by atoms with E-state index in [4.69, 9.17) is 9.40 Å². The van der Waals surface area contributed by atoms with Crippen molar-refractivity contribution < 1.29 is 4.42 Å². The lowest BCUT2D eigenvalue weighted by Crippen LogP contribution is -2.46. The number of nitrogens with zero attached hydrogens (tertiary/aromatic N) is 9. The standard InChI is InChI=1S/C24H23N9O/c1-17-21(28-29-24-27-22(30-33(17)24)20-8-5-15-34-20)19-9-10-25-23(26-19)32-13-11-31(12-14-32)16-18-6-3-2-4-7-18/h2-10,15H,11-14,16H2,1H3. The van der Waals surface area contributed by atoms with Crippen LogP contribution in [-0.4, -0.2) is 65.8 Å². The van der Waals surface area contributed by atoms with Crippen LogP contribution in [-0.2, 0) is 6.54 Å². The van der Waals surface area contributed by atoms with Crippen LogP contribution in [0.15, 0.2) is 65.4 Å². The number of anilines is 1. The summed E-state index contributed by atoms with van der Waals surface area (Å²) in [7, 11) is 0. The quantitative estimate of drug-likeness (QED) is 0.397. The number of fused-ring (bicyclic) bond motifs is 1. The summed E-state index contributed by atoms with van der Waals surface area (Å²) in [6, 6.07) is 16.0. The number of benzene rings is 1. The van der Waals surface area contributed by atoms with Crippen LogP contribution in [0.5, 0.6) is 0 Å². The molecular weight excluding hydrogens is 430 g/mol. The molecule has 0 unspecified atom stereocenters. The maximum Gasteiger partial charge on any atom is 0.272 e. The lowest BCUT2D eigenvalue weighted by molar-refractivity contribution is 0.248. The second kappa shape index (κ2) is 8.64. The minimum absolute atomic E-state index is 0.413. The molecule has 1 aromatic carbocycles. The highest BCUT2D eigenvalue weighted by Gasteiger charge is 2.21. The Morgan fingerprint density at radius 2 is 1.76 bits per heavy atom. The van der Waals surface area contributed by atoms with Gasteiger partial charge in [0.1, 0.15) is 5.69 Å². The Morgan fingerprint density at radius 3 is 2.56 bits per heavy atom. The maximum absolute atomic E-state index is 5.41. The van der Waals surface area contributed by atoms with E-state index >= 15 is 0 Å². The number of aryl methyl sites for hydroxylation is 1. The zero-order valence-electron chi connectivity index (χ0n) is 18.7. The molecular formula is C24H23N9O. The van der Waals surface area contributed by atoms with E-state index in [1.54, 1.807) is 23.0 Å². The summed E-state index contributed by atoms with van der Waals surface area (Å²) in [6.07, 6.45) is 3.36. The molecule has 10 heteroatoms. The van der Waals surface area contributed by atoms with Crippen molar-refractivity contribution in [3.8, 4) is 23.0 Å². The molecule has 0 atom stereocenters. The van der Waals surface area contributed by atoms with Gasteiger partial charge in [-0.25, -0.2) is 9.97 Å². The van der Waals surface area contributed by atoms with Crippen molar-refractivity contribution >= 4 is 11.7 Å². The third-order valence-electron chi connectivity index (χ3n) is 6.02. The van der Waals surface area contributed by atoms with Crippen LogP contribution in [0.2, 0.25) is 0 Å². The third-order valence-corrected chi connectivity index (χ3v) is 6.02. The molecule has 0 aliphatic carbocycles. The molecule has 10 nitrogen and oxygen atoms in total. The largest absolute Gasteiger partial charge is 0.461 e. The molecule has 0 amide bonds. The molecule has 1 aliphatic heterocycles. The zero-order valence-corrected chi connectivity index (χ0v) is 18.7. The summed E-state index contributed by atoms with van der Waals surface area (Å²) in [4.78, 5) is 18.4. The van der Waals surface area contributed by atoms with Gasteiger partial charge in [-0.1, -0.05) is 30.3 Å². The molecule has 4 aromatic heterocycles. The van der Waals surface area contributed by atoms with Gasteiger partial charge < -0.3 is 9.32 Å². The molecule has 0 bridgehead atoms. The molecule has 1 fully saturated rings. The Morgan fingerprint density at radius 1 is 0.912 bits per heavy atom. The van der Waals surface area contributed by atoms with E-state index < -0.39 is 0 Å². The average molecular weight is 454 g/mol.